The van der Waals surface area contributed by atoms with E-state index in [9.17, 15) is 4.79 Å². The average molecular weight is 474 g/mol. The van der Waals surface area contributed by atoms with Gasteiger partial charge >= 0.3 is 5.97 Å². The van der Waals surface area contributed by atoms with E-state index in [0.717, 1.165) is 61.9 Å². The lowest BCUT2D eigenvalue weighted by atomic mass is 10.1. The number of benzene rings is 1. The number of carbonyl (C=O) groups is 1. The van der Waals surface area contributed by atoms with E-state index in [-0.39, 0.29) is 5.97 Å². The molecule has 4 rings (SSSR count). The minimum Gasteiger partial charge on any atom is -0.497 e. The minimum absolute atomic E-state index is 0.236. The fraction of sp³-hybridized carbons (Fsp3) is 0.500. The van der Waals surface area contributed by atoms with Crippen LogP contribution in [0.1, 0.15) is 47.0 Å². The Labute approximate surface area is 199 Å². The number of rotatable bonds is 5. The quantitative estimate of drug-likeness (QED) is 0.383. The number of esters is 1. The van der Waals surface area contributed by atoms with Crippen LogP contribution >= 0.6 is 23.6 Å². The number of nitrogens with zero attached hydrogens (tertiary/aromatic N) is 2. The predicted octanol–water partition coefficient (Wildman–Crippen LogP) is 4.72. The number of ether oxygens (including phenoxy) is 2. The van der Waals surface area contributed by atoms with Gasteiger partial charge in [-0.1, -0.05) is 12.5 Å². The standard InChI is InChI=1S/C24H31N3O3S2/c1-3-30-23(28)21-19-10-5-4-6-11-20(19)32-22(21)25-24(31)27-14-12-26(13-15-27)17-8-7-9-18(16-17)29-2/h7-9,16H,3-6,10-15H2,1-2H3,(H,25,31). The summed E-state index contributed by atoms with van der Waals surface area (Å²) in [5.41, 5.74) is 3.03. The van der Waals surface area contributed by atoms with Crippen LogP contribution in [0.5, 0.6) is 5.75 Å². The molecule has 0 atom stereocenters. The van der Waals surface area contributed by atoms with E-state index in [2.05, 4.69) is 27.2 Å². The van der Waals surface area contributed by atoms with E-state index < -0.39 is 0 Å². The van der Waals surface area contributed by atoms with E-state index in [1.165, 1.54) is 23.3 Å². The Morgan fingerprint density at radius 2 is 1.94 bits per heavy atom. The Bertz CT molecular complexity index is 967. The molecule has 1 fully saturated rings. The second kappa shape index (κ2) is 10.5. The van der Waals surface area contributed by atoms with Gasteiger partial charge in [0.1, 0.15) is 10.8 Å². The van der Waals surface area contributed by atoms with Gasteiger partial charge < -0.3 is 24.6 Å². The summed E-state index contributed by atoms with van der Waals surface area (Å²) in [5, 5.41) is 4.93. The van der Waals surface area contributed by atoms with Crippen LogP contribution in [0.2, 0.25) is 0 Å². The Morgan fingerprint density at radius 3 is 2.69 bits per heavy atom. The maximum atomic E-state index is 12.8. The van der Waals surface area contributed by atoms with Crippen molar-refractivity contribution in [3.8, 4) is 5.75 Å². The van der Waals surface area contributed by atoms with Gasteiger partial charge in [-0.25, -0.2) is 4.79 Å². The van der Waals surface area contributed by atoms with Crippen LogP contribution in [-0.4, -0.2) is 55.9 Å². The molecular formula is C24H31N3O3S2. The Balaban J connectivity index is 1.44. The monoisotopic (exact) mass is 473 g/mol. The van der Waals surface area contributed by atoms with Gasteiger partial charge in [0.2, 0.25) is 0 Å². The van der Waals surface area contributed by atoms with Crippen LogP contribution in [0.3, 0.4) is 0 Å². The first-order valence-electron chi connectivity index (χ1n) is 11.4. The highest BCUT2D eigenvalue weighted by Crippen LogP contribution is 2.38. The maximum absolute atomic E-state index is 12.8. The summed E-state index contributed by atoms with van der Waals surface area (Å²) in [6.07, 6.45) is 5.47. The van der Waals surface area contributed by atoms with E-state index in [0.29, 0.717) is 17.3 Å². The molecule has 0 spiro atoms. The fourth-order valence-corrected chi connectivity index (χ4v) is 6.03. The molecule has 2 aliphatic rings. The Morgan fingerprint density at radius 1 is 1.16 bits per heavy atom. The van der Waals surface area contributed by atoms with Gasteiger partial charge in [0.15, 0.2) is 5.11 Å². The molecule has 32 heavy (non-hydrogen) atoms. The molecular weight excluding hydrogens is 442 g/mol. The smallest absolute Gasteiger partial charge is 0.341 e. The fourth-order valence-electron chi connectivity index (χ4n) is 4.40. The van der Waals surface area contributed by atoms with Crippen molar-refractivity contribution in [2.75, 3.05) is 50.1 Å². The van der Waals surface area contributed by atoms with Crippen molar-refractivity contribution in [3.63, 3.8) is 0 Å². The molecule has 2 heterocycles. The third-order valence-corrected chi connectivity index (χ3v) is 7.67. The van der Waals surface area contributed by atoms with Gasteiger partial charge in [0.25, 0.3) is 0 Å². The number of thiophene rings is 1. The first kappa shape index (κ1) is 22.9. The second-order valence-electron chi connectivity index (χ2n) is 8.09. The molecule has 0 saturated carbocycles. The highest BCUT2D eigenvalue weighted by Gasteiger charge is 2.27. The summed E-state index contributed by atoms with van der Waals surface area (Å²) in [6.45, 7) is 5.62. The lowest BCUT2D eigenvalue weighted by Gasteiger charge is -2.37. The molecule has 0 unspecified atom stereocenters. The number of piperazine rings is 1. The van der Waals surface area contributed by atoms with Crippen LogP contribution in [0.25, 0.3) is 0 Å². The van der Waals surface area contributed by atoms with E-state index >= 15 is 0 Å². The van der Waals surface area contributed by atoms with E-state index in [1.807, 2.05) is 19.1 Å². The summed E-state index contributed by atoms with van der Waals surface area (Å²) < 4.78 is 10.8. The number of thiocarbonyl (C=S) groups is 1. The van der Waals surface area contributed by atoms with Crippen molar-refractivity contribution in [2.24, 2.45) is 0 Å². The van der Waals surface area contributed by atoms with Crippen LogP contribution < -0.4 is 15.0 Å². The summed E-state index contributed by atoms with van der Waals surface area (Å²) in [4.78, 5) is 18.6. The van der Waals surface area contributed by atoms with E-state index in [4.69, 9.17) is 21.7 Å². The molecule has 1 saturated heterocycles. The maximum Gasteiger partial charge on any atom is 0.341 e. The van der Waals surface area contributed by atoms with Crippen molar-refractivity contribution in [1.29, 1.82) is 0 Å². The Kier molecular flexibility index (Phi) is 7.52. The molecule has 1 aliphatic carbocycles. The first-order valence-corrected chi connectivity index (χ1v) is 12.6. The van der Waals surface area contributed by atoms with Gasteiger partial charge in [-0.05, 0) is 62.5 Å². The zero-order valence-electron chi connectivity index (χ0n) is 18.8. The molecule has 0 bridgehead atoms. The van der Waals surface area contributed by atoms with Gasteiger partial charge in [0, 0.05) is 42.8 Å². The van der Waals surface area contributed by atoms with Crippen molar-refractivity contribution in [3.05, 3.63) is 40.3 Å². The molecule has 1 N–H and O–H groups in total. The predicted molar refractivity (Wildman–Crippen MR) is 135 cm³/mol. The van der Waals surface area contributed by atoms with Crippen molar-refractivity contribution in [1.82, 2.24) is 4.90 Å². The first-order chi connectivity index (χ1) is 15.6. The lowest BCUT2D eigenvalue weighted by molar-refractivity contribution is 0.0527. The molecule has 6 nitrogen and oxygen atoms in total. The van der Waals surface area contributed by atoms with Gasteiger partial charge in [-0.3, -0.25) is 0 Å². The third-order valence-electron chi connectivity index (χ3n) is 6.11. The van der Waals surface area contributed by atoms with Gasteiger partial charge in [0.05, 0.1) is 19.3 Å². The van der Waals surface area contributed by atoms with Gasteiger partial charge in [-0.15, -0.1) is 11.3 Å². The Hall–Kier alpha value is -2.32. The number of methoxy groups -OCH3 is 1. The number of hydrogen-bond acceptors (Lipinski definition) is 6. The van der Waals surface area contributed by atoms with Crippen molar-refractivity contribution >= 4 is 45.3 Å². The number of carbonyl (C=O) groups excluding carboxylic acids is 1. The van der Waals surface area contributed by atoms with Crippen LogP contribution in [0.15, 0.2) is 24.3 Å². The van der Waals surface area contributed by atoms with Gasteiger partial charge in [-0.2, -0.15) is 0 Å². The summed E-state index contributed by atoms with van der Waals surface area (Å²) in [5.74, 6) is 0.631. The molecule has 1 aromatic carbocycles. The molecule has 1 aliphatic heterocycles. The average Bonchev–Trinajstić information content (AvgIpc) is 2.99. The highest BCUT2D eigenvalue weighted by molar-refractivity contribution is 7.80. The van der Waals surface area contributed by atoms with Crippen molar-refractivity contribution < 1.29 is 14.3 Å². The number of anilines is 2. The minimum atomic E-state index is -0.236. The summed E-state index contributed by atoms with van der Waals surface area (Å²) in [7, 11) is 1.69. The van der Waals surface area contributed by atoms with Crippen LogP contribution in [-0.2, 0) is 17.6 Å². The third kappa shape index (κ3) is 5.02. The molecule has 172 valence electrons. The largest absolute Gasteiger partial charge is 0.497 e. The van der Waals surface area contributed by atoms with E-state index in [1.54, 1.807) is 18.4 Å². The summed E-state index contributed by atoms with van der Waals surface area (Å²) >= 11 is 7.43. The second-order valence-corrected chi connectivity index (χ2v) is 9.59. The SMILES string of the molecule is CCOC(=O)c1c(NC(=S)N2CCN(c3cccc(OC)c3)CC2)sc2c1CCCCC2. The molecule has 0 radical (unpaired) electrons. The molecule has 8 heteroatoms. The molecule has 1 aromatic heterocycles. The zero-order chi connectivity index (χ0) is 22.5. The normalized spacial score (nSPS) is 16.2. The lowest BCUT2D eigenvalue weighted by Crippen LogP contribution is -2.50. The summed E-state index contributed by atoms with van der Waals surface area (Å²) in [6, 6.07) is 8.16. The topological polar surface area (TPSA) is 54.0 Å². The van der Waals surface area contributed by atoms with Crippen LogP contribution in [0, 0.1) is 0 Å². The number of hydrogen-bond donors (Lipinski definition) is 1. The number of fused-ring (bicyclic) bond motifs is 1. The number of aryl methyl sites for hydroxylation is 1. The van der Waals surface area contributed by atoms with Crippen LogP contribution in [0.4, 0.5) is 10.7 Å². The van der Waals surface area contributed by atoms with Crippen molar-refractivity contribution in [2.45, 2.75) is 39.0 Å². The number of nitrogens with one attached hydrogen (secondary N) is 1. The highest BCUT2D eigenvalue weighted by atomic mass is 32.1. The molecule has 0 amide bonds. The molecule has 2 aromatic rings. The zero-order valence-corrected chi connectivity index (χ0v) is 20.4.